The van der Waals surface area contributed by atoms with Gasteiger partial charge in [0.1, 0.15) is 13.1 Å². The molecule has 0 bridgehead atoms. The third-order valence-corrected chi connectivity index (χ3v) is 4.61. The molecule has 0 spiro atoms. The van der Waals surface area contributed by atoms with Crippen LogP contribution in [0, 0.1) is 6.92 Å². The molecule has 3 nitrogen and oxygen atoms in total. The van der Waals surface area contributed by atoms with Gasteiger partial charge in [-0.05, 0) is 31.0 Å². The second kappa shape index (κ2) is 7.02. The van der Waals surface area contributed by atoms with E-state index in [1.807, 2.05) is 25.1 Å². The van der Waals surface area contributed by atoms with Gasteiger partial charge in [0.25, 0.3) is 0 Å². The van der Waals surface area contributed by atoms with E-state index >= 15 is 0 Å². The van der Waals surface area contributed by atoms with E-state index in [1.54, 1.807) is 0 Å². The maximum Gasteiger partial charge on any atom is 0.198 e. The van der Waals surface area contributed by atoms with Gasteiger partial charge in [0.2, 0.25) is 0 Å². The topological polar surface area (TPSA) is 37.3 Å². The number of quaternary nitrogens is 1. The first-order valence-electron chi connectivity index (χ1n) is 8.58. The number of pyridine rings is 1. The first kappa shape index (κ1) is 16.5. The summed E-state index contributed by atoms with van der Waals surface area (Å²) in [4.78, 5) is 17.7. The van der Waals surface area contributed by atoms with Gasteiger partial charge >= 0.3 is 0 Å². The predicted molar refractivity (Wildman–Crippen MR) is 99.4 cm³/mol. The lowest BCUT2D eigenvalue weighted by atomic mass is 10.0. The third-order valence-electron chi connectivity index (χ3n) is 4.61. The van der Waals surface area contributed by atoms with Crippen molar-refractivity contribution in [3.63, 3.8) is 0 Å². The molecule has 0 saturated carbocycles. The highest BCUT2D eigenvalue weighted by atomic mass is 16.1. The normalized spacial score (nSPS) is 12.5. The van der Waals surface area contributed by atoms with Crippen LogP contribution in [0.25, 0.3) is 10.9 Å². The van der Waals surface area contributed by atoms with Crippen molar-refractivity contribution in [1.29, 1.82) is 0 Å². The number of aryl methyl sites for hydroxylation is 2. The van der Waals surface area contributed by atoms with Crippen LogP contribution in [0.5, 0.6) is 0 Å². The first-order chi connectivity index (χ1) is 11.6. The van der Waals surface area contributed by atoms with Gasteiger partial charge in [0.05, 0.1) is 12.6 Å². The number of H-pyrrole nitrogens is 1. The number of aromatic nitrogens is 1. The van der Waals surface area contributed by atoms with Crippen LogP contribution in [-0.2, 0) is 19.5 Å². The van der Waals surface area contributed by atoms with Crippen LogP contribution in [0.1, 0.15) is 29.3 Å². The molecule has 3 rings (SSSR count). The summed E-state index contributed by atoms with van der Waals surface area (Å²) in [6.07, 6.45) is 0.942. The third kappa shape index (κ3) is 3.41. The summed E-state index contributed by atoms with van der Waals surface area (Å²) >= 11 is 0. The van der Waals surface area contributed by atoms with E-state index in [4.69, 9.17) is 0 Å². The van der Waals surface area contributed by atoms with E-state index in [0.717, 1.165) is 41.7 Å². The van der Waals surface area contributed by atoms with Gasteiger partial charge in [-0.2, -0.15) is 0 Å². The van der Waals surface area contributed by atoms with Gasteiger partial charge in [0.15, 0.2) is 5.43 Å². The molecule has 2 N–H and O–H groups in total. The summed E-state index contributed by atoms with van der Waals surface area (Å²) in [7, 11) is 2.14. The number of hydrogen-bond acceptors (Lipinski definition) is 1. The minimum absolute atomic E-state index is 0.170. The van der Waals surface area contributed by atoms with Gasteiger partial charge in [-0.3, -0.25) is 4.79 Å². The second-order valence-electron chi connectivity index (χ2n) is 6.59. The Morgan fingerprint density at radius 3 is 2.46 bits per heavy atom. The Morgan fingerprint density at radius 1 is 1.00 bits per heavy atom. The molecule has 0 aliphatic heterocycles. The number of nitrogens with one attached hydrogen (secondary N) is 2. The zero-order chi connectivity index (χ0) is 17.1. The molecule has 0 radical (unpaired) electrons. The molecule has 0 amide bonds. The minimum atomic E-state index is 0.170. The van der Waals surface area contributed by atoms with Crippen molar-refractivity contribution in [2.24, 2.45) is 0 Å². The van der Waals surface area contributed by atoms with Gasteiger partial charge in [-0.15, -0.1) is 0 Å². The average molecular weight is 321 g/mol. The van der Waals surface area contributed by atoms with Gasteiger partial charge in [-0.25, -0.2) is 0 Å². The van der Waals surface area contributed by atoms with Gasteiger partial charge in [-0.1, -0.05) is 43.3 Å². The highest BCUT2D eigenvalue weighted by Gasteiger charge is 2.14. The van der Waals surface area contributed by atoms with Crippen LogP contribution in [-0.4, -0.2) is 12.0 Å². The van der Waals surface area contributed by atoms with E-state index < -0.39 is 0 Å². The van der Waals surface area contributed by atoms with Gasteiger partial charge in [0, 0.05) is 22.2 Å². The lowest BCUT2D eigenvalue weighted by Gasteiger charge is -2.16. The zero-order valence-electron chi connectivity index (χ0n) is 14.6. The Bertz CT molecular complexity index is 897. The lowest BCUT2D eigenvalue weighted by Crippen LogP contribution is -3.06. The fourth-order valence-corrected chi connectivity index (χ4v) is 3.24. The van der Waals surface area contributed by atoms with E-state index in [2.05, 4.69) is 49.3 Å². The van der Waals surface area contributed by atoms with Crippen molar-refractivity contribution in [2.75, 3.05) is 7.05 Å². The molecule has 1 unspecified atom stereocenters. The number of fused-ring (bicyclic) bond motifs is 1. The first-order valence-corrected chi connectivity index (χ1v) is 8.58. The lowest BCUT2D eigenvalue weighted by molar-refractivity contribution is -0.907. The van der Waals surface area contributed by atoms with Crippen molar-refractivity contribution in [3.05, 3.63) is 81.1 Å². The number of aromatic amines is 1. The van der Waals surface area contributed by atoms with Crippen molar-refractivity contribution in [1.82, 2.24) is 4.98 Å². The largest absolute Gasteiger partial charge is 0.358 e. The highest BCUT2D eigenvalue weighted by molar-refractivity contribution is 5.80. The molecule has 3 heteroatoms. The van der Waals surface area contributed by atoms with Crippen LogP contribution < -0.4 is 10.3 Å². The smallest absolute Gasteiger partial charge is 0.198 e. The Hall–Kier alpha value is -2.39. The molecule has 1 aromatic heterocycles. The molecule has 0 aliphatic rings. The van der Waals surface area contributed by atoms with E-state index in [-0.39, 0.29) is 5.43 Å². The van der Waals surface area contributed by atoms with Crippen molar-refractivity contribution in [2.45, 2.75) is 33.4 Å². The summed E-state index contributed by atoms with van der Waals surface area (Å²) < 4.78 is 0. The molecule has 0 fully saturated rings. The molecule has 124 valence electrons. The van der Waals surface area contributed by atoms with Crippen LogP contribution >= 0.6 is 0 Å². The molecule has 2 aromatic carbocycles. The summed E-state index contributed by atoms with van der Waals surface area (Å²) in [6.45, 7) is 5.75. The summed E-state index contributed by atoms with van der Waals surface area (Å²) in [5, 5.41) is 0.808. The minimum Gasteiger partial charge on any atom is -0.358 e. The number of rotatable bonds is 5. The molecule has 0 aliphatic carbocycles. The fraction of sp³-hybridized carbons (Fsp3) is 0.286. The van der Waals surface area contributed by atoms with Crippen molar-refractivity contribution >= 4 is 10.9 Å². The Balaban J connectivity index is 1.92. The Kier molecular flexibility index (Phi) is 4.81. The molecular weight excluding hydrogens is 296 g/mol. The molecule has 1 heterocycles. The molecule has 1 atom stereocenters. The van der Waals surface area contributed by atoms with Crippen LogP contribution in [0.3, 0.4) is 0 Å². The maximum absolute atomic E-state index is 13.0. The van der Waals surface area contributed by atoms with E-state index in [9.17, 15) is 4.79 Å². The fourth-order valence-electron chi connectivity index (χ4n) is 3.24. The highest BCUT2D eigenvalue weighted by Crippen LogP contribution is 2.14. The predicted octanol–water partition coefficient (Wildman–Crippen LogP) is 2.61. The average Bonchev–Trinajstić information content (AvgIpc) is 2.59. The summed E-state index contributed by atoms with van der Waals surface area (Å²) in [5.74, 6) is 0. The number of hydrogen-bond donors (Lipinski definition) is 2. The monoisotopic (exact) mass is 321 g/mol. The molecular formula is C21H25N2O+. The SMILES string of the molecule is CCc1ccc2[nH]c(C)c(C[NH+](C)Cc3ccccc3)c(=O)c2c1. The Labute approximate surface area is 143 Å². The molecule has 0 saturated heterocycles. The van der Waals surface area contributed by atoms with Crippen molar-refractivity contribution < 1.29 is 4.90 Å². The maximum atomic E-state index is 13.0. The molecule has 3 aromatic rings. The number of benzene rings is 2. The summed E-state index contributed by atoms with van der Waals surface area (Å²) in [5.41, 5.74) is 5.46. The van der Waals surface area contributed by atoms with Crippen LogP contribution in [0.4, 0.5) is 0 Å². The summed E-state index contributed by atoms with van der Waals surface area (Å²) in [6, 6.07) is 16.6. The quantitative estimate of drug-likeness (QED) is 0.745. The zero-order valence-corrected chi connectivity index (χ0v) is 14.6. The standard InChI is InChI=1S/C21H24N2O/c1-4-16-10-11-20-18(12-16)21(24)19(15(2)22-20)14-23(3)13-17-8-6-5-7-9-17/h5-12H,4,13-14H2,1-3H3,(H,22,24)/p+1. The van der Waals surface area contributed by atoms with Crippen LogP contribution in [0.15, 0.2) is 53.3 Å². The van der Waals surface area contributed by atoms with E-state index in [0.29, 0.717) is 0 Å². The van der Waals surface area contributed by atoms with Gasteiger partial charge < -0.3 is 9.88 Å². The van der Waals surface area contributed by atoms with Crippen LogP contribution in [0.2, 0.25) is 0 Å². The van der Waals surface area contributed by atoms with E-state index in [1.165, 1.54) is 16.0 Å². The van der Waals surface area contributed by atoms with Crippen molar-refractivity contribution in [3.8, 4) is 0 Å². The second-order valence-corrected chi connectivity index (χ2v) is 6.59. The Morgan fingerprint density at radius 2 is 1.75 bits per heavy atom. The molecule has 24 heavy (non-hydrogen) atoms.